The van der Waals surface area contributed by atoms with Gasteiger partial charge in [0.15, 0.2) is 0 Å². The lowest BCUT2D eigenvalue weighted by Gasteiger charge is -2.17. The first-order valence-electron chi connectivity index (χ1n) is 8.21. The maximum absolute atomic E-state index is 13.3. The number of carbonyl (C=O) groups excluding carboxylic acids is 2. The molecule has 3 rings (SSSR count). The number of carbonyl (C=O) groups is 2. The van der Waals surface area contributed by atoms with Crippen LogP contribution in [0.15, 0.2) is 54.6 Å². The van der Waals surface area contributed by atoms with Crippen LogP contribution < -0.4 is 10.2 Å². The average Bonchev–Trinajstić information content (AvgIpc) is 3.00. The SMILES string of the molecule is O=C(/C=C\c1ccc([N+](=O)[O-])cc1)NC1CC(=O)N(c2cccc(F)c2)C1. The minimum Gasteiger partial charge on any atom is -0.347 e. The predicted octanol–water partition coefficient (Wildman–Crippen LogP) is 2.67. The Morgan fingerprint density at radius 2 is 2.00 bits per heavy atom. The van der Waals surface area contributed by atoms with Crippen LogP contribution in [0.3, 0.4) is 0 Å². The summed E-state index contributed by atoms with van der Waals surface area (Å²) in [6.45, 7) is 0.263. The maximum atomic E-state index is 13.3. The van der Waals surface area contributed by atoms with Crippen molar-refractivity contribution in [2.45, 2.75) is 12.5 Å². The number of hydrogen-bond acceptors (Lipinski definition) is 4. The Labute approximate surface area is 154 Å². The van der Waals surface area contributed by atoms with Crippen LogP contribution in [0, 0.1) is 15.9 Å². The van der Waals surface area contributed by atoms with E-state index in [0.29, 0.717) is 11.3 Å². The molecule has 1 aliphatic heterocycles. The average molecular weight is 369 g/mol. The summed E-state index contributed by atoms with van der Waals surface area (Å²) < 4.78 is 13.3. The second-order valence-corrected chi connectivity index (χ2v) is 6.08. The van der Waals surface area contributed by atoms with Crippen molar-refractivity contribution in [2.24, 2.45) is 0 Å². The van der Waals surface area contributed by atoms with Gasteiger partial charge in [-0.25, -0.2) is 4.39 Å². The highest BCUT2D eigenvalue weighted by Gasteiger charge is 2.31. The third-order valence-corrected chi connectivity index (χ3v) is 4.12. The summed E-state index contributed by atoms with van der Waals surface area (Å²) in [5.74, 6) is -1.00. The Hall–Kier alpha value is -3.55. The highest BCUT2D eigenvalue weighted by molar-refractivity contribution is 5.98. The summed E-state index contributed by atoms with van der Waals surface area (Å²) in [4.78, 5) is 35.7. The molecule has 8 heteroatoms. The first kappa shape index (κ1) is 18.2. The van der Waals surface area contributed by atoms with E-state index >= 15 is 0 Å². The number of benzene rings is 2. The van der Waals surface area contributed by atoms with Crippen LogP contribution >= 0.6 is 0 Å². The van der Waals surface area contributed by atoms with Crippen LogP contribution in [0.4, 0.5) is 15.8 Å². The van der Waals surface area contributed by atoms with Gasteiger partial charge < -0.3 is 10.2 Å². The molecule has 1 fully saturated rings. The molecule has 1 atom stereocenters. The molecular formula is C19H16FN3O4. The molecule has 2 aromatic carbocycles. The van der Waals surface area contributed by atoms with Crippen molar-refractivity contribution >= 4 is 29.3 Å². The first-order chi connectivity index (χ1) is 12.9. The van der Waals surface area contributed by atoms with Crippen LogP contribution in [-0.2, 0) is 9.59 Å². The molecule has 1 N–H and O–H groups in total. The summed E-state index contributed by atoms with van der Waals surface area (Å²) in [6, 6.07) is 11.1. The molecule has 1 aliphatic rings. The lowest BCUT2D eigenvalue weighted by atomic mass is 10.2. The fraction of sp³-hybridized carbons (Fsp3) is 0.158. The van der Waals surface area contributed by atoms with Gasteiger partial charge in [-0.1, -0.05) is 6.07 Å². The van der Waals surface area contributed by atoms with Gasteiger partial charge in [-0.3, -0.25) is 19.7 Å². The van der Waals surface area contributed by atoms with Gasteiger partial charge in [0.05, 0.1) is 11.0 Å². The first-order valence-corrected chi connectivity index (χ1v) is 8.21. The molecule has 0 aliphatic carbocycles. The highest BCUT2D eigenvalue weighted by Crippen LogP contribution is 2.22. The molecule has 1 saturated heterocycles. The van der Waals surface area contributed by atoms with Crippen molar-refractivity contribution in [3.8, 4) is 0 Å². The number of halogens is 1. The summed E-state index contributed by atoms with van der Waals surface area (Å²) >= 11 is 0. The Bertz CT molecular complexity index is 911. The molecular weight excluding hydrogens is 353 g/mol. The number of rotatable bonds is 5. The lowest BCUT2D eigenvalue weighted by molar-refractivity contribution is -0.384. The van der Waals surface area contributed by atoms with Gasteiger partial charge in [0.2, 0.25) is 11.8 Å². The van der Waals surface area contributed by atoms with E-state index in [0.717, 1.165) is 0 Å². The number of non-ortho nitro benzene ring substituents is 1. The molecule has 2 aromatic rings. The Kier molecular flexibility index (Phi) is 5.25. The Morgan fingerprint density at radius 3 is 2.67 bits per heavy atom. The quantitative estimate of drug-likeness (QED) is 0.498. The standard InChI is InChI=1S/C19H16FN3O4/c20-14-2-1-3-17(10-14)22-12-15(11-19(22)25)21-18(24)9-6-13-4-7-16(8-5-13)23(26)27/h1-10,15H,11-12H2,(H,21,24)/b9-6-. The smallest absolute Gasteiger partial charge is 0.269 e. The summed E-state index contributed by atoms with van der Waals surface area (Å²) in [6.07, 6.45) is 2.96. The molecule has 138 valence electrons. The van der Waals surface area contributed by atoms with E-state index < -0.39 is 10.7 Å². The number of hydrogen-bond donors (Lipinski definition) is 1. The van der Waals surface area contributed by atoms with Gasteiger partial charge in [-0.2, -0.15) is 0 Å². The molecule has 1 heterocycles. The molecule has 1 unspecified atom stereocenters. The molecule has 0 spiro atoms. The number of amides is 2. The fourth-order valence-corrected chi connectivity index (χ4v) is 2.83. The summed E-state index contributed by atoms with van der Waals surface area (Å²) in [5, 5.41) is 13.4. The minimum absolute atomic E-state index is 0.0292. The topological polar surface area (TPSA) is 92.5 Å². The summed E-state index contributed by atoms with van der Waals surface area (Å²) in [5.41, 5.74) is 1.07. The van der Waals surface area contributed by atoms with Gasteiger partial charge in [-0.05, 0) is 42.0 Å². The number of nitrogens with zero attached hydrogens (tertiary/aromatic N) is 2. The van der Waals surface area contributed by atoms with Gasteiger partial charge in [-0.15, -0.1) is 0 Å². The van der Waals surface area contributed by atoms with Gasteiger partial charge >= 0.3 is 0 Å². The normalized spacial score (nSPS) is 16.7. The third-order valence-electron chi connectivity index (χ3n) is 4.12. The largest absolute Gasteiger partial charge is 0.347 e. The van der Waals surface area contributed by atoms with E-state index in [4.69, 9.17) is 0 Å². The zero-order chi connectivity index (χ0) is 19.4. The van der Waals surface area contributed by atoms with Crippen molar-refractivity contribution in [3.05, 3.63) is 76.1 Å². The second kappa shape index (κ2) is 7.77. The monoisotopic (exact) mass is 369 g/mol. The molecule has 0 bridgehead atoms. The van der Waals surface area contributed by atoms with Gasteiger partial charge in [0.25, 0.3) is 5.69 Å². The number of nitro groups is 1. The lowest BCUT2D eigenvalue weighted by Crippen LogP contribution is -2.36. The van der Waals surface area contributed by atoms with E-state index in [2.05, 4.69) is 5.32 Å². The maximum Gasteiger partial charge on any atom is 0.269 e. The predicted molar refractivity (Wildman–Crippen MR) is 97.4 cm³/mol. The van der Waals surface area contributed by atoms with Crippen LogP contribution in [0.1, 0.15) is 12.0 Å². The molecule has 0 aromatic heterocycles. The van der Waals surface area contributed by atoms with E-state index in [1.54, 1.807) is 6.07 Å². The van der Waals surface area contributed by atoms with Crippen molar-refractivity contribution < 1.29 is 18.9 Å². The van der Waals surface area contributed by atoms with E-state index in [1.165, 1.54) is 59.5 Å². The number of nitrogens with one attached hydrogen (secondary N) is 1. The van der Waals surface area contributed by atoms with Crippen molar-refractivity contribution in [3.63, 3.8) is 0 Å². The van der Waals surface area contributed by atoms with Crippen LogP contribution in [0.25, 0.3) is 6.08 Å². The zero-order valence-electron chi connectivity index (χ0n) is 14.2. The van der Waals surface area contributed by atoms with E-state index in [-0.39, 0.29) is 36.5 Å². The zero-order valence-corrected chi connectivity index (χ0v) is 14.2. The van der Waals surface area contributed by atoms with E-state index in [9.17, 15) is 24.1 Å². The molecule has 0 radical (unpaired) electrons. The van der Waals surface area contributed by atoms with E-state index in [1.807, 2.05) is 0 Å². The van der Waals surface area contributed by atoms with Crippen molar-refractivity contribution in [1.82, 2.24) is 5.32 Å². The van der Waals surface area contributed by atoms with Gasteiger partial charge in [0, 0.05) is 36.9 Å². The molecule has 2 amide bonds. The fourth-order valence-electron chi connectivity index (χ4n) is 2.83. The number of nitro benzene ring substituents is 1. The Balaban J connectivity index is 1.58. The Morgan fingerprint density at radius 1 is 1.26 bits per heavy atom. The highest BCUT2D eigenvalue weighted by atomic mass is 19.1. The molecule has 27 heavy (non-hydrogen) atoms. The van der Waals surface area contributed by atoms with Crippen molar-refractivity contribution in [1.29, 1.82) is 0 Å². The van der Waals surface area contributed by atoms with Crippen LogP contribution in [-0.4, -0.2) is 29.3 Å². The number of anilines is 1. The second-order valence-electron chi connectivity index (χ2n) is 6.08. The van der Waals surface area contributed by atoms with Gasteiger partial charge in [0.1, 0.15) is 5.82 Å². The minimum atomic E-state index is -0.498. The van der Waals surface area contributed by atoms with Crippen LogP contribution in [0.5, 0.6) is 0 Å². The van der Waals surface area contributed by atoms with Crippen LogP contribution in [0.2, 0.25) is 0 Å². The molecule has 7 nitrogen and oxygen atoms in total. The molecule has 0 saturated carbocycles. The van der Waals surface area contributed by atoms with Crippen molar-refractivity contribution in [2.75, 3.05) is 11.4 Å². The summed E-state index contributed by atoms with van der Waals surface area (Å²) in [7, 11) is 0. The third kappa shape index (κ3) is 4.55.